The van der Waals surface area contributed by atoms with Gasteiger partial charge in [-0.3, -0.25) is 14.5 Å². The minimum absolute atomic E-state index is 0.0525. The van der Waals surface area contributed by atoms with E-state index in [4.69, 9.17) is 28.3 Å². The second-order valence-electron chi connectivity index (χ2n) is 10.2. The molecule has 6 rings (SSSR count). The van der Waals surface area contributed by atoms with Crippen molar-refractivity contribution in [1.29, 1.82) is 0 Å². The van der Waals surface area contributed by atoms with Crippen molar-refractivity contribution in [2.24, 2.45) is 5.92 Å². The van der Waals surface area contributed by atoms with E-state index in [1.54, 1.807) is 20.9 Å². The number of halogens is 2. The maximum Gasteiger partial charge on any atom is 0.242 e. The summed E-state index contributed by atoms with van der Waals surface area (Å²) in [4.78, 5) is 32.0. The van der Waals surface area contributed by atoms with E-state index >= 15 is 0 Å². The normalized spacial score (nSPS) is 18.1. The molecule has 6 nitrogen and oxygen atoms in total. The lowest BCUT2D eigenvalue weighted by atomic mass is 9.99. The van der Waals surface area contributed by atoms with Gasteiger partial charge in [0.15, 0.2) is 0 Å². The summed E-state index contributed by atoms with van der Waals surface area (Å²) in [6.07, 6.45) is 1.94. The summed E-state index contributed by atoms with van der Waals surface area (Å²) in [6.45, 7) is 3.58. The largest absolute Gasteiger partial charge is 0.341 e. The van der Waals surface area contributed by atoms with E-state index in [9.17, 15) is 9.59 Å². The number of thiophene rings is 1. The number of fused-ring (bicyclic) bond motifs is 1. The highest BCUT2D eigenvalue weighted by atomic mass is 35.5. The van der Waals surface area contributed by atoms with Crippen molar-refractivity contribution in [3.63, 3.8) is 0 Å². The number of piperidine rings is 1. The van der Waals surface area contributed by atoms with Crippen molar-refractivity contribution < 1.29 is 9.59 Å². The molecule has 206 valence electrons. The Kier molecular flexibility index (Phi) is 7.95. The van der Waals surface area contributed by atoms with Crippen molar-refractivity contribution in [1.82, 2.24) is 14.7 Å². The number of amides is 2. The average Bonchev–Trinajstić information content (AvgIpc) is 3.58. The summed E-state index contributed by atoms with van der Waals surface area (Å²) in [6, 6.07) is 19.2. The molecule has 1 saturated heterocycles. The Labute approximate surface area is 251 Å². The summed E-state index contributed by atoms with van der Waals surface area (Å²) < 4.78 is 1.75. The zero-order valence-electron chi connectivity index (χ0n) is 21.9. The number of hydrogen-bond acceptors (Lipinski definition) is 5. The molecule has 40 heavy (non-hydrogen) atoms. The molecule has 10 heteroatoms. The minimum atomic E-state index is -0.234. The van der Waals surface area contributed by atoms with E-state index in [0.29, 0.717) is 40.6 Å². The highest BCUT2D eigenvalue weighted by Crippen LogP contribution is 2.49. The number of anilines is 1. The Bertz CT molecular complexity index is 1550. The predicted molar refractivity (Wildman–Crippen MR) is 165 cm³/mol. The van der Waals surface area contributed by atoms with Crippen LogP contribution < -0.4 is 4.90 Å². The fourth-order valence-corrected chi connectivity index (χ4v) is 7.66. The van der Waals surface area contributed by atoms with E-state index in [1.165, 1.54) is 11.8 Å². The molecular weight excluding hydrogens is 583 g/mol. The molecule has 1 fully saturated rings. The molecule has 2 aliphatic rings. The van der Waals surface area contributed by atoms with Crippen molar-refractivity contribution in [2.75, 3.05) is 30.3 Å². The summed E-state index contributed by atoms with van der Waals surface area (Å²) in [5, 5.41) is 8.00. The van der Waals surface area contributed by atoms with E-state index < -0.39 is 0 Å². The number of para-hydroxylation sites is 1. The summed E-state index contributed by atoms with van der Waals surface area (Å²) in [5.74, 6) is 1.20. The molecule has 2 aromatic carbocycles. The third-order valence-corrected chi connectivity index (χ3v) is 10.2. The van der Waals surface area contributed by atoms with Gasteiger partial charge in [-0.05, 0) is 60.0 Å². The number of benzene rings is 2. The molecule has 2 aliphatic heterocycles. The van der Waals surface area contributed by atoms with Gasteiger partial charge in [0.25, 0.3) is 0 Å². The highest BCUT2D eigenvalue weighted by molar-refractivity contribution is 8.00. The van der Waals surface area contributed by atoms with Gasteiger partial charge in [-0.2, -0.15) is 5.10 Å². The topological polar surface area (TPSA) is 58.4 Å². The van der Waals surface area contributed by atoms with Crippen LogP contribution in [-0.4, -0.2) is 51.9 Å². The zero-order valence-corrected chi connectivity index (χ0v) is 25.1. The lowest BCUT2D eigenvalue weighted by molar-refractivity contribution is -0.132. The first kappa shape index (κ1) is 27.4. The van der Waals surface area contributed by atoms with Crippen LogP contribution >= 0.6 is 46.3 Å². The van der Waals surface area contributed by atoms with Crippen LogP contribution in [0.3, 0.4) is 0 Å². The van der Waals surface area contributed by atoms with E-state index in [1.807, 2.05) is 70.9 Å². The Morgan fingerprint density at radius 3 is 2.58 bits per heavy atom. The molecule has 2 aromatic heterocycles. The highest BCUT2D eigenvalue weighted by Gasteiger charge is 2.39. The van der Waals surface area contributed by atoms with Gasteiger partial charge in [-0.15, -0.1) is 23.1 Å². The number of carbonyl (C=O) groups is 2. The van der Waals surface area contributed by atoms with Crippen LogP contribution in [0.4, 0.5) is 5.82 Å². The molecule has 0 N–H and O–H groups in total. The number of nitrogens with zero attached hydrogens (tertiary/aromatic N) is 4. The fourth-order valence-electron chi connectivity index (χ4n) is 5.33. The van der Waals surface area contributed by atoms with Crippen molar-refractivity contribution in [3.05, 3.63) is 87.2 Å². The number of likely N-dealkylation sites (tertiary alicyclic amines) is 1. The molecule has 0 unspecified atom stereocenters. The molecule has 0 aliphatic carbocycles. The summed E-state index contributed by atoms with van der Waals surface area (Å²) in [7, 11) is 0. The van der Waals surface area contributed by atoms with Gasteiger partial charge in [-0.1, -0.05) is 60.5 Å². The van der Waals surface area contributed by atoms with Crippen LogP contribution in [0.2, 0.25) is 10.0 Å². The fraction of sp³-hybridized carbons (Fsp3) is 0.300. The Morgan fingerprint density at radius 2 is 1.85 bits per heavy atom. The molecular formula is C30H28Cl2N4O2S2. The molecule has 0 spiro atoms. The molecule has 0 saturated carbocycles. The maximum absolute atomic E-state index is 13.9. The maximum atomic E-state index is 13.9. The Morgan fingerprint density at radius 1 is 1.05 bits per heavy atom. The van der Waals surface area contributed by atoms with Crippen LogP contribution in [-0.2, 0) is 9.59 Å². The lowest BCUT2D eigenvalue weighted by Gasteiger charge is -2.32. The van der Waals surface area contributed by atoms with Crippen LogP contribution in [0.5, 0.6) is 0 Å². The Hall–Kier alpha value is -2.78. The monoisotopic (exact) mass is 610 g/mol. The SMILES string of the molecule is CC1CCN(C(=O)CN2C(=O)CS[C@@H](c3cccc(Cl)c3)c3c(-c4cccs4)nn(-c4ccccc4Cl)c32)CC1. The van der Waals surface area contributed by atoms with Crippen molar-refractivity contribution >= 4 is 63.9 Å². The van der Waals surface area contributed by atoms with Gasteiger partial charge >= 0.3 is 0 Å². The van der Waals surface area contributed by atoms with Crippen molar-refractivity contribution in [3.8, 4) is 16.3 Å². The quantitative estimate of drug-likeness (QED) is 0.237. The summed E-state index contributed by atoms with van der Waals surface area (Å²) in [5.41, 5.74) is 3.26. The van der Waals surface area contributed by atoms with Gasteiger partial charge in [0.1, 0.15) is 18.1 Å². The van der Waals surface area contributed by atoms with Gasteiger partial charge in [0, 0.05) is 23.7 Å². The first-order valence-electron chi connectivity index (χ1n) is 13.3. The minimum Gasteiger partial charge on any atom is -0.341 e. The predicted octanol–water partition coefficient (Wildman–Crippen LogP) is 7.34. The molecule has 2 amide bonds. The number of rotatable bonds is 5. The molecule has 0 radical (unpaired) electrons. The van der Waals surface area contributed by atoms with Gasteiger partial charge in [-0.25, -0.2) is 4.68 Å². The van der Waals surface area contributed by atoms with Crippen molar-refractivity contribution in [2.45, 2.75) is 25.0 Å². The van der Waals surface area contributed by atoms with Gasteiger partial charge in [0.2, 0.25) is 11.8 Å². The molecule has 0 bridgehead atoms. The van der Waals surface area contributed by atoms with Crippen LogP contribution in [0.15, 0.2) is 66.0 Å². The van der Waals surface area contributed by atoms with Crippen LogP contribution in [0.1, 0.15) is 36.1 Å². The molecule has 4 heterocycles. The zero-order chi connectivity index (χ0) is 27.8. The number of hydrogen-bond donors (Lipinski definition) is 0. The van der Waals surface area contributed by atoms with E-state index in [0.717, 1.165) is 34.5 Å². The standard InChI is InChI=1S/C30H28Cl2N4O2S2/c1-19-11-13-34(14-12-19)25(37)17-35-26(38)18-40-29(20-6-4-7-21(31)16-20)27-28(24-10-5-15-39-24)33-36(30(27)35)23-9-3-2-8-22(23)32/h2-10,15-16,19,29H,11-14,17-18H2,1H3/t29-/m0/s1. The smallest absolute Gasteiger partial charge is 0.242 e. The third kappa shape index (κ3) is 5.30. The van der Waals surface area contributed by atoms with E-state index in [2.05, 4.69) is 6.92 Å². The second kappa shape index (κ2) is 11.6. The van der Waals surface area contributed by atoms with Gasteiger partial charge in [0.05, 0.1) is 26.6 Å². The second-order valence-corrected chi connectivity index (χ2v) is 13.1. The first-order chi connectivity index (χ1) is 19.4. The average molecular weight is 612 g/mol. The lowest BCUT2D eigenvalue weighted by Crippen LogP contribution is -2.46. The van der Waals surface area contributed by atoms with Gasteiger partial charge < -0.3 is 4.90 Å². The van der Waals surface area contributed by atoms with Crippen LogP contribution in [0.25, 0.3) is 16.3 Å². The molecule has 4 aromatic rings. The third-order valence-electron chi connectivity index (χ3n) is 7.51. The first-order valence-corrected chi connectivity index (χ1v) is 16.0. The van der Waals surface area contributed by atoms with Crippen LogP contribution in [0, 0.1) is 5.92 Å². The molecule has 1 atom stereocenters. The number of thioether (sulfide) groups is 1. The summed E-state index contributed by atoms with van der Waals surface area (Å²) >= 11 is 16.3. The number of carbonyl (C=O) groups excluding carboxylic acids is 2. The van der Waals surface area contributed by atoms with E-state index in [-0.39, 0.29) is 29.4 Å². The number of aromatic nitrogens is 2. The Balaban J connectivity index is 1.56.